The topological polar surface area (TPSA) is 94.8 Å². The number of aliphatic hydroxyl groups excluding tert-OH is 2. The van der Waals surface area contributed by atoms with Gasteiger partial charge in [0.05, 0.1) is 6.10 Å². The number of Topliss-reactive ketones (excluding diaryl/α,β-unsaturated/α-hetero) is 1. The van der Waals surface area contributed by atoms with Crippen molar-refractivity contribution in [3.63, 3.8) is 0 Å². The number of rotatable bonds is 2. The highest BCUT2D eigenvalue weighted by molar-refractivity contribution is 6.01. The lowest BCUT2D eigenvalue weighted by molar-refractivity contribution is -0.221. The van der Waals surface area contributed by atoms with Gasteiger partial charge in [0, 0.05) is 16.7 Å². The lowest BCUT2D eigenvalue weighted by Crippen LogP contribution is -2.70. The minimum Gasteiger partial charge on any atom is -0.390 e. The van der Waals surface area contributed by atoms with Gasteiger partial charge in [0.2, 0.25) is 0 Å². The number of hydrogen-bond acceptors (Lipinski definition) is 5. The Morgan fingerprint density at radius 1 is 1.32 bits per heavy atom. The zero-order valence-corrected chi connectivity index (χ0v) is 16.0. The second-order valence-corrected chi connectivity index (χ2v) is 9.34. The Kier molecular flexibility index (Phi) is 4.11. The summed E-state index contributed by atoms with van der Waals surface area (Å²) in [7, 11) is 0. The van der Waals surface area contributed by atoms with Crippen molar-refractivity contribution in [2.24, 2.45) is 22.7 Å². The van der Waals surface area contributed by atoms with E-state index in [1.807, 2.05) is 0 Å². The molecule has 4 aliphatic carbocycles. The first kappa shape index (κ1) is 19.9. The molecule has 0 aromatic carbocycles. The number of aliphatic hydroxyl groups is 3. The van der Waals surface area contributed by atoms with Gasteiger partial charge in [-0.05, 0) is 56.3 Å². The second kappa shape index (κ2) is 5.80. The minimum absolute atomic E-state index is 0.0392. The van der Waals surface area contributed by atoms with Crippen LogP contribution in [0.5, 0.6) is 0 Å². The van der Waals surface area contributed by atoms with Crippen LogP contribution in [0.4, 0.5) is 8.78 Å². The molecule has 0 heterocycles. The summed E-state index contributed by atoms with van der Waals surface area (Å²) in [4.78, 5) is 24.1. The quantitative estimate of drug-likeness (QED) is 0.659. The monoisotopic (exact) mass is 396 g/mol. The zero-order chi connectivity index (χ0) is 20.7. The van der Waals surface area contributed by atoms with Crippen LogP contribution in [0.15, 0.2) is 23.8 Å². The van der Waals surface area contributed by atoms with E-state index in [1.165, 1.54) is 19.1 Å². The molecule has 0 saturated heterocycles. The Morgan fingerprint density at radius 3 is 2.64 bits per heavy atom. The molecular formula is C21H26F2O5. The average molecular weight is 396 g/mol. The van der Waals surface area contributed by atoms with Crippen molar-refractivity contribution in [2.45, 2.75) is 63.1 Å². The van der Waals surface area contributed by atoms with Gasteiger partial charge in [-0.3, -0.25) is 9.59 Å². The van der Waals surface area contributed by atoms with E-state index in [4.69, 9.17) is 0 Å². The van der Waals surface area contributed by atoms with E-state index in [1.54, 1.807) is 6.92 Å². The predicted molar refractivity (Wildman–Crippen MR) is 95.7 cm³/mol. The number of alkyl halides is 2. The maximum Gasteiger partial charge on any atom is 0.190 e. The Bertz CT molecular complexity index is 809. The summed E-state index contributed by atoms with van der Waals surface area (Å²) >= 11 is 0. The lowest BCUT2D eigenvalue weighted by Gasteiger charge is -2.63. The third kappa shape index (κ3) is 2.05. The fraction of sp³-hybridized carbons (Fsp3) is 0.714. The third-order valence-corrected chi connectivity index (χ3v) is 8.39. The van der Waals surface area contributed by atoms with Gasteiger partial charge in [-0.25, -0.2) is 8.78 Å². The minimum atomic E-state index is -2.23. The normalized spacial score (nSPS) is 52.5. The first-order valence-electron chi connectivity index (χ1n) is 9.78. The molecule has 0 amide bonds. The summed E-state index contributed by atoms with van der Waals surface area (Å²) in [6.07, 6.45) is 0.509. The molecule has 2 unspecified atom stereocenters. The maximum absolute atomic E-state index is 16.7. The molecule has 3 N–H and O–H groups in total. The summed E-state index contributed by atoms with van der Waals surface area (Å²) in [5, 5.41) is 31.4. The second-order valence-electron chi connectivity index (χ2n) is 9.34. The van der Waals surface area contributed by atoms with Crippen molar-refractivity contribution in [3.05, 3.63) is 23.8 Å². The van der Waals surface area contributed by atoms with E-state index in [9.17, 15) is 24.9 Å². The molecule has 7 heteroatoms. The molecule has 0 radical (unpaired) electrons. The number of carbonyl (C=O) groups excluding carboxylic acids is 2. The standard InChI is InChI=1S/C21H26F2O5/c1-18-5-3-11(25)7-14(18)15(22)8-13-12-4-6-20(28,17(27)10-24)19(12,2)9-16(26)21(13,18)23/h3,5,7,12-13,15-16,24,26,28H,4,6,8-10H2,1-2H3/t12-,13-,15?,16?,18-,19-,20-,21-/m0/s1. The van der Waals surface area contributed by atoms with E-state index in [0.29, 0.717) is 6.42 Å². The van der Waals surface area contributed by atoms with E-state index >= 15 is 8.78 Å². The van der Waals surface area contributed by atoms with Crippen molar-refractivity contribution >= 4 is 11.6 Å². The van der Waals surface area contributed by atoms with E-state index in [0.717, 1.165) is 6.08 Å². The van der Waals surface area contributed by atoms with Crippen molar-refractivity contribution < 1.29 is 33.7 Å². The van der Waals surface area contributed by atoms with Gasteiger partial charge in [0.15, 0.2) is 17.2 Å². The van der Waals surface area contributed by atoms with Crippen LogP contribution in [0.2, 0.25) is 0 Å². The molecule has 4 aliphatic rings. The number of allylic oxidation sites excluding steroid dienone is 4. The fourth-order valence-corrected chi connectivity index (χ4v) is 6.80. The molecule has 0 aromatic heterocycles. The van der Waals surface area contributed by atoms with Gasteiger partial charge < -0.3 is 15.3 Å². The van der Waals surface area contributed by atoms with Crippen molar-refractivity contribution in [3.8, 4) is 0 Å². The van der Waals surface area contributed by atoms with Crippen LogP contribution in [0.3, 0.4) is 0 Å². The molecular weight excluding hydrogens is 370 g/mol. The molecule has 4 rings (SSSR count). The number of fused-ring (bicyclic) bond motifs is 5. The van der Waals surface area contributed by atoms with Crippen molar-refractivity contribution in [2.75, 3.05) is 6.61 Å². The molecule has 8 atom stereocenters. The van der Waals surface area contributed by atoms with Crippen LogP contribution in [0.25, 0.3) is 0 Å². The van der Waals surface area contributed by atoms with E-state index in [2.05, 4.69) is 0 Å². The highest BCUT2D eigenvalue weighted by atomic mass is 19.1. The first-order valence-corrected chi connectivity index (χ1v) is 9.78. The summed E-state index contributed by atoms with van der Waals surface area (Å²) in [5.74, 6) is -2.63. The van der Waals surface area contributed by atoms with Crippen molar-refractivity contribution in [1.29, 1.82) is 0 Å². The lowest BCUT2D eigenvalue weighted by atomic mass is 9.44. The average Bonchev–Trinajstić information content (AvgIpc) is 2.91. The van der Waals surface area contributed by atoms with Crippen LogP contribution in [0.1, 0.15) is 39.5 Å². The number of halogens is 2. The number of ketones is 2. The molecule has 3 saturated carbocycles. The van der Waals surface area contributed by atoms with Gasteiger partial charge in [-0.2, -0.15) is 0 Å². The van der Waals surface area contributed by atoms with Crippen LogP contribution in [-0.4, -0.2) is 57.0 Å². The summed E-state index contributed by atoms with van der Waals surface area (Å²) in [6, 6.07) is 0. The molecule has 5 nitrogen and oxygen atoms in total. The van der Waals surface area contributed by atoms with Gasteiger partial charge in [-0.1, -0.05) is 13.0 Å². The molecule has 154 valence electrons. The summed E-state index contributed by atoms with van der Waals surface area (Å²) in [6.45, 7) is 2.29. The van der Waals surface area contributed by atoms with Gasteiger partial charge >= 0.3 is 0 Å². The Morgan fingerprint density at radius 2 is 2.00 bits per heavy atom. The van der Waals surface area contributed by atoms with Gasteiger partial charge in [0.25, 0.3) is 0 Å². The largest absolute Gasteiger partial charge is 0.390 e. The van der Waals surface area contributed by atoms with Crippen LogP contribution < -0.4 is 0 Å². The molecule has 0 aromatic rings. The maximum atomic E-state index is 16.7. The molecule has 0 aliphatic heterocycles. The van der Waals surface area contributed by atoms with Gasteiger partial charge in [0.1, 0.15) is 18.4 Å². The molecule has 0 spiro atoms. The number of hydrogen-bond donors (Lipinski definition) is 3. The van der Waals surface area contributed by atoms with Crippen molar-refractivity contribution in [1.82, 2.24) is 0 Å². The predicted octanol–water partition coefficient (Wildman–Crippen LogP) is 1.60. The number of carbonyl (C=O) groups is 2. The molecule has 28 heavy (non-hydrogen) atoms. The Balaban J connectivity index is 1.84. The smallest absolute Gasteiger partial charge is 0.190 e. The molecule has 3 fully saturated rings. The highest BCUT2D eigenvalue weighted by Gasteiger charge is 2.75. The third-order valence-electron chi connectivity index (χ3n) is 8.39. The van der Waals surface area contributed by atoms with Crippen LogP contribution in [-0.2, 0) is 9.59 Å². The van der Waals surface area contributed by atoms with E-state index in [-0.39, 0.29) is 24.8 Å². The molecule has 0 bridgehead atoms. The highest BCUT2D eigenvalue weighted by Crippen LogP contribution is 2.69. The van der Waals surface area contributed by atoms with Gasteiger partial charge in [-0.15, -0.1) is 0 Å². The summed E-state index contributed by atoms with van der Waals surface area (Å²) < 4.78 is 31.9. The fourth-order valence-electron chi connectivity index (χ4n) is 6.80. The SMILES string of the molecule is C[C@]12C=CC(=O)C=C1C(F)C[C@H]1[C@@H]3CC[C@](O)(C(=O)CO)[C@@]3(C)CC(O)[C@@]12F. The zero-order valence-electron chi connectivity index (χ0n) is 16.0. The summed E-state index contributed by atoms with van der Waals surface area (Å²) in [5.41, 5.74) is -6.71. The van der Waals surface area contributed by atoms with Crippen LogP contribution in [0, 0.1) is 22.7 Å². The van der Waals surface area contributed by atoms with E-state index < -0.39 is 64.4 Å². The first-order chi connectivity index (χ1) is 13.0. The Hall–Kier alpha value is -1.44. The Labute approximate surface area is 162 Å². The van der Waals surface area contributed by atoms with Crippen LogP contribution >= 0.6 is 0 Å².